The summed E-state index contributed by atoms with van der Waals surface area (Å²) >= 11 is 1.37. The largest absolute Gasteiger partial charge is 0.419 e. The Morgan fingerprint density at radius 2 is 2.00 bits per heavy atom. The molecule has 8 heteroatoms. The van der Waals surface area contributed by atoms with Crippen molar-refractivity contribution in [1.29, 1.82) is 0 Å². The van der Waals surface area contributed by atoms with E-state index in [1.54, 1.807) is 12.1 Å². The van der Waals surface area contributed by atoms with E-state index < -0.39 is 6.09 Å². The summed E-state index contributed by atoms with van der Waals surface area (Å²) in [5, 5.41) is 16.4. The number of thiazole rings is 1. The minimum atomic E-state index is -0.666. The van der Waals surface area contributed by atoms with Gasteiger partial charge in [0.25, 0.3) is 5.88 Å². The second kappa shape index (κ2) is 7.94. The fraction of sp³-hybridized carbons (Fsp3) is 0.167. The molecule has 2 aromatic heterocycles. The van der Waals surface area contributed by atoms with Crippen LogP contribution in [0.2, 0.25) is 0 Å². The van der Waals surface area contributed by atoms with Crippen molar-refractivity contribution >= 4 is 33.9 Å². The fourth-order valence-electron chi connectivity index (χ4n) is 2.27. The maximum absolute atomic E-state index is 12.1. The van der Waals surface area contributed by atoms with Crippen molar-refractivity contribution < 1.29 is 14.6 Å². The third-order valence-electron chi connectivity index (χ3n) is 3.38. The lowest BCUT2D eigenvalue weighted by atomic mass is 10.2. The quantitative estimate of drug-likeness (QED) is 0.628. The smallest absolute Gasteiger partial charge is 0.392 e. The molecule has 1 aromatic carbocycles. The van der Waals surface area contributed by atoms with Crippen molar-refractivity contribution in [3.63, 3.8) is 0 Å². The van der Waals surface area contributed by atoms with Crippen LogP contribution in [0.15, 0.2) is 42.5 Å². The first-order chi connectivity index (χ1) is 12.5. The zero-order valence-electron chi connectivity index (χ0n) is 14.3. The van der Waals surface area contributed by atoms with Crippen LogP contribution >= 0.6 is 11.3 Å². The van der Waals surface area contributed by atoms with Crippen LogP contribution in [0.4, 0.5) is 21.3 Å². The zero-order valence-corrected chi connectivity index (χ0v) is 15.1. The molecule has 26 heavy (non-hydrogen) atoms. The summed E-state index contributed by atoms with van der Waals surface area (Å²) in [6, 6.07) is 12.6. The summed E-state index contributed by atoms with van der Waals surface area (Å²) in [4.78, 5) is 20.6. The van der Waals surface area contributed by atoms with Gasteiger partial charge in [-0.05, 0) is 43.7 Å². The maximum atomic E-state index is 12.1. The Hall–Kier alpha value is -2.97. The van der Waals surface area contributed by atoms with E-state index in [0.29, 0.717) is 10.8 Å². The first-order valence-electron chi connectivity index (χ1n) is 7.90. The third-order valence-corrected chi connectivity index (χ3v) is 4.25. The standard InChI is InChI=1S/C18H18N4O3S/c1-11-5-3-8-15(19-11)22-18(24)25-16-17(26-12(2)20-16)21-14-7-4-6-13(9-14)10-23/h3-9,21,23H,10H2,1-2H3,(H,19,22,24). The molecule has 0 saturated heterocycles. The van der Waals surface area contributed by atoms with Crippen LogP contribution in [-0.4, -0.2) is 21.2 Å². The number of nitrogens with one attached hydrogen (secondary N) is 2. The van der Waals surface area contributed by atoms with Gasteiger partial charge < -0.3 is 15.2 Å². The first kappa shape index (κ1) is 17.8. The number of nitrogens with zero attached hydrogens (tertiary/aromatic N) is 2. The molecule has 3 aromatic rings. The SMILES string of the molecule is Cc1cccc(NC(=O)Oc2nc(C)sc2Nc2cccc(CO)c2)n1. The van der Waals surface area contributed by atoms with E-state index in [1.807, 2.05) is 44.2 Å². The molecule has 0 aliphatic heterocycles. The third kappa shape index (κ3) is 4.56. The first-order valence-corrected chi connectivity index (χ1v) is 8.72. The molecule has 0 saturated carbocycles. The van der Waals surface area contributed by atoms with Crippen LogP contribution < -0.4 is 15.4 Å². The Kier molecular flexibility index (Phi) is 5.45. The van der Waals surface area contributed by atoms with Crippen molar-refractivity contribution in [3.05, 3.63) is 58.7 Å². The Morgan fingerprint density at radius 3 is 2.77 bits per heavy atom. The van der Waals surface area contributed by atoms with Crippen molar-refractivity contribution in [2.45, 2.75) is 20.5 Å². The molecule has 0 aliphatic carbocycles. The van der Waals surface area contributed by atoms with Crippen LogP contribution in [0.5, 0.6) is 5.88 Å². The number of anilines is 3. The van der Waals surface area contributed by atoms with Crippen LogP contribution in [0.1, 0.15) is 16.3 Å². The predicted molar refractivity (Wildman–Crippen MR) is 101 cm³/mol. The summed E-state index contributed by atoms with van der Waals surface area (Å²) in [5.41, 5.74) is 2.34. The number of aliphatic hydroxyl groups excluding tert-OH is 1. The molecule has 0 fully saturated rings. The van der Waals surface area contributed by atoms with Gasteiger partial charge in [-0.3, -0.25) is 5.32 Å². The number of carbonyl (C=O) groups is 1. The molecule has 0 radical (unpaired) electrons. The Bertz CT molecular complexity index is 926. The number of pyridine rings is 1. The molecule has 0 unspecified atom stereocenters. The lowest BCUT2D eigenvalue weighted by Gasteiger charge is -2.08. The maximum Gasteiger partial charge on any atom is 0.419 e. The summed E-state index contributed by atoms with van der Waals surface area (Å²) in [6.45, 7) is 3.61. The number of carbonyl (C=O) groups excluding carboxylic acids is 1. The van der Waals surface area contributed by atoms with Crippen molar-refractivity contribution in [2.75, 3.05) is 10.6 Å². The fourth-order valence-corrected chi connectivity index (χ4v) is 3.03. The number of hydrogen-bond acceptors (Lipinski definition) is 7. The van der Waals surface area contributed by atoms with Gasteiger partial charge in [-0.25, -0.2) is 14.8 Å². The molecule has 134 valence electrons. The van der Waals surface area contributed by atoms with Crippen LogP contribution in [0, 0.1) is 13.8 Å². The number of amides is 1. The van der Waals surface area contributed by atoms with Gasteiger partial charge in [-0.2, -0.15) is 0 Å². The van der Waals surface area contributed by atoms with Crippen LogP contribution in [0.25, 0.3) is 0 Å². The topological polar surface area (TPSA) is 96.4 Å². The molecule has 0 atom stereocenters. The number of ether oxygens (including phenoxy) is 1. The van der Waals surface area contributed by atoms with Gasteiger partial charge in [0.15, 0.2) is 5.00 Å². The normalized spacial score (nSPS) is 10.4. The number of aliphatic hydroxyl groups is 1. The molecule has 7 nitrogen and oxygen atoms in total. The van der Waals surface area contributed by atoms with Crippen molar-refractivity contribution in [3.8, 4) is 5.88 Å². The molecular weight excluding hydrogens is 352 g/mol. The highest BCUT2D eigenvalue weighted by atomic mass is 32.1. The Morgan fingerprint density at radius 1 is 1.19 bits per heavy atom. The summed E-state index contributed by atoms with van der Waals surface area (Å²) in [6.07, 6.45) is -0.666. The van der Waals surface area contributed by atoms with Gasteiger partial charge in [0.2, 0.25) is 0 Å². The van der Waals surface area contributed by atoms with Crippen LogP contribution in [0.3, 0.4) is 0 Å². The van der Waals surface area contributed by atoms with E-state index in [9.17, 15) is 9.90 Å². The Labute approximate surface area is 154 Å². The summed E-state index contributed by atoms with van der Waals surface area (Å²) < 4.78 is 5.34. The van der Waals surface area contributed by atoms with E-state index in [1.165, 1.54) is 11.3 Å². The minimum Gasteiger partial charge on any atom is -0.392 e. The van der Waals surface area contributed by atoms with Gasteiger partial charge >= 0.3 is 6.09 Å². The van der Waals surface area contributed by atoms with Crippen LogP contribution in [-0.2, 0) is 6.61 Å². The highest BCUT2D eigenvalue weighted by Crippen LogP contribution is 2.34. The van der Waals surface area contributed by atoms with E-state index >= 15 is 0 Å². The van der Waals surface area contributed by atoms with Crippen molar-refractivity contribution in [1.82, 2.24) is 9.97 Å². The van der Waals surface area contributed by atoms with Gasteiger partial charge in [0, 0.05) is 11.4 Å². The lowest BCUT2D eigenvalue weighted by Crippen LogP contribution is -2.18. The molecule has 0 aliphatic rings. The van der Waals surface area contributed by atoms with Crippen molar-refractivity contribution in [2.24, 2.45) is 0 Å². The molecular formula is C18H18N4O3S. The number of aromatic nitrogens is 2. The molecule has 0 spiro atoms. The minimum absolute atomic E-state index is 0.0491. The van der Waals surface area contributed by atoms with E-state index in [0.717, 1.165) is 22.0 Å². The average molecular weight is 370 g/mol. The monoisotopic (exact) mass is 370 g/mol. The highest BCUT2D eigenvalue weighted by Gasteiger charge is 2.15. The predicted octanol–water partition coefficient (Wildman–Crippen LogP) is 4.00. The molecule has 0 bridgehead atoms. The Balaban J connectivity index is 1.73. The van der Waals surface area contributed by atoms with Gasteiger partial charge in [-0.15, -0.1) is 0 Å². The van der Waals surface area contributed by atoms with Gasteiger partial charge in [0.1, 0.15) is 5.82 Å². The van der Waals surface area contributed by atoms with Gasteiger partial charge in [-0.1, -0.05) is 29.5 Å². The number of rotatable bonds is 5. The van der Waals surface area contributed by atoms with E-state index in [-0.39, 0.29) is 12.5 Å². The molecule has 1 amide bonds. The summed E-state index contributed by atoms with van der Waals surface area (Å²) in [7, 11) is 0. The zero-order chi connectivity index (χ0) is 18.5. The molecule has 3 rings (SSSR count). The number of hydrogen-bond donors (Lipinski definition) is 3. The highest BCUT2D eigenvalue weighted by molar-refractivity contribution is 7.16. The average Bonchev–Trinajstić information content (AvgIpc) is 2.93. The number of benzene rings is 1. The van der Waals surface area contributed by atoms with E-state index in [4.69, 9.17) is 4.74 Å². The second-order valence-electron chi connectivity index (χ2n) is 5.53. The second-order valence-corrected chi connectivity index (χ2v) is 6.73. The lowest BCUT2D eigenvalue weighted by molar-refractivity contribution is 0.213. The number of aryl methyl sites for hydroxylation is 2. The molecule has 2 heterocycles. The molecule has 3 N–H and O–H groups in total. The van der Waals surface area contributed by atoms with Gasteiger partial charge in [0.05, 0.1) is 11.6 Å². The van der Waals surface area contributed by atoms with E-state index in [2.05, 4.69) is 20.6 Å². The summed E-state index contributed by atoms with van der Waals surface area (Å²) in [5.74, 6) is 0.596.